The Hall–Kier alpha value is -9.34. The molecule has 6 aromatic heterocycles. The molecule has 0 spiro atoms. The van der Waals surface area contributed by atoms with Crippen molar-refractivity contribution in [1.29, 1.82) is 0 Å². The van der Waals surface area contributed by atoms with Crippen molar-refractivity contribution in [3.05, 3.63) is 380 Å². The van der Waals surface area contributed by atoms with E-state index in [4.69, 9.17) is 0 Å². The molecule has 15 rings (SSSR count). The molecule has 0 bridgehead atoms. The summed E-state index contributed by atoms with van der Waals surface area (Å²) in [7, 11) is -4.87. The van der Waals surface area contributed by atoms with Crippen LogP contribution in [0.5, 0.6) is 0 Å². The van der Waals surface area contributed by atoms with E-state index in [9.17, 15) is 0 Å². The summed E-state index contributed by atoms with van der Waals surface area (Å²) in [6.45, 7) is 36.2. The molecular weight excluding hydrogens is 1990 g/mol. The van der Waals surface area contributed by atoms with Gasteiger partial charge < -0.3 is 13.7 Å². The Morgan fingerprint density at radius 2 is 0.574 bits per heavy atom. The van der Waals surface area contributed by atoms with Crippen LogP contribution in [-0.4, -0.2) is 67.8 Å². The van der Waals surface area contributed by atoms with Crippen LogP contribution in [0.1, 0.15) is 101 Å². The third-order valence-corrected chi connectivity index (χ3v) is 29.5. The summed E-state index contributed by atoms with van der Waals surface area (Å²) in [5.41, 5.74) is 14.8. The fourth-order valence-electron chi connectivity index (χ4n) is 13.7. The summed E-state index contributed by atoms with van der Waals surface area (Å²) in [5.74, 6) is 4.98. The maximum absolute atomic E-state index is 4.64. The quantitative estimate of drug-likeness (QED) is 0.0628. The molecule has 0 aliphatic heterocycles. The van der Waals surface area contributed by atoms with Crippen LogP contribution in [0.3, 0.4) is 0 Å². The molecule has 0 saturated carbocycles. The molecule has 0 unspecified atom stereocenters. The van der Waals surface area contributed by atoms with E-state index in [1.807, 2.05) is 159 Å². The molecule has 0 amide bonds. The number of para-hydroxylation sites is 3. The van der Waals surface area contributed by atoms with Crippen LogP contribution < -0.4 is 31.5 Å². The van der Waals surface area contributed by atoms with Crippen LogP contribution in [0.25, 0.3) is 51.2 Å². The van der Waals surface area contributed by atoms with Gasteiger partial charge in [-0.2, -0.15) is 107 Å². The Labute approximate surface area is 729 Å². The molecule has 3 radical (unpaired) electrons. The molecule has 15 aromatic rings. The number of aromatic nitrogens is 9. The Morgan fingerprint density at radius 1 is 0.287 bits per heavy atom. The van der Waals surface area contributed by atoms with E-state index in [0.29, 0.717) is 23.7 Å². The zero-order valence-corrected chi connectivity index (χ0v) is 79.4. The summed E-state index contributed by atoms with van der Waals surface area (Å²) in [4.78, 5) is 27.1. The number of benzene rings is 9. The van der Waals surface area contributed by atoms with Crippen LogP contribution in [0.15, 0.2) is 311 Å². The zero-order chi connectivity index (χ0) is 79.6. The molecule has 15 heteroatoms. The zero-order valence-electron chi connectivity index (χ0n) is 69.2. The normalized spacial score (nSPS) is 11.0. The van der Waals surface area contributed by atoms with Crippen molar-refractivity contribution in [2.75, 3.05) is 0 Å². The van der Waals surface area contributed by atoms with Gasteiger partial charge in [-0.3, -0.25) is 29.9 Å². The smallest absolute Gasteiger partial charge is 0.110 e. The Bertz CT molecular complexity index is 4870. The molecule has 6 heterocycles. The van der Waals surface area contributed by atoms with Crippen molar-refractivity contribution in [2.45, 2.75) is 133 Å². The summed E-state index contributed by atoms with van der Waals surface area (Å²) < 4.78 is 6.61. The topological polar surface area (TPSA) is 92.1 Å². The van der Waals surface area contributed by atoms with E-state index in [0.717, 1.165) is 47.0 Å². The summed E-state index contributed by atoms with van der Waals surface area (Å²) >= 11 is 0. The summed E-state index contributed by atoms with van der Waals surface area (Å²) in [6.07, 6.45) is 19.5. The average molecular weight is 2100 g/mol. The predicted octanol–water partition coefficient (Wildman–Crippen LogP) is 20.4. The van der Waals surface area contributed by atoms with Crippen molar-refractivity contribution < 1.29 is 60.3 Å². The third kappa shape index (κ3) is 24.9. The molecule has 0 saturated heterocycles. The Kier molecular flexibility index (Phi) is 36.5. The standard InChI is InChI=1S/C23H27N2.C21H23N2.C17H15N2.3C13H14NSi.3Ir/c1-17(2)15-20-11-8-12-21(16-18(3)4)22(20)25-14-13-24-23(25)19-9-6-5-7-10-19;1-15(2)18-11-8-12-19(16(3)4)20(18)23-14-13-22-21(23)17-9-6-5-7-10-17;1-13-7-6-8-14(2)16(13)19-12-11-18-17(19)15-9-4-3-5-10-15;3*1-15(2,12-8-4-3-5-9-12)13-10-6-7-11-14-13;;;/h5-9,11-14,17-18H,15-16H2,1-4H3;5-9,11-16H,1-4H3;3-9,11-12H,1-2H3;3*3-8,10-11H,1-2H3;;;/q6*-1;;;. The minimum atomic E-state index is -1.62. The first-order chi connectivity index (χ1) is 54.1. The molecule has 9 nitrogen and oxygen atoms in total. The van der Waals surface area contributed by atoms with Crippen LogP contribution in [0, 0.1) is 62.1 Å². The Balaban J connectivity index is 0.000000192. The molecular formula is C100H107Ir3N9Si3-6. The van der Waals surface area contributed by atoms with Gasteiger partial charge in [-0.1, -0.05) is 167 Å². The van der Waals surface area contributed by atoms with Gasteiger partial charge in [-0.05, 0) is 120 Å². The average Bonchev–Trinajstić information content (AvgIpc) is 1.66. The van der Waals surface area contributed by atoms with E-state index in [1.54, 1.807) is 0 Å². The van der Waals surface area contributed by atoms with Gasteiger partial charge in [0.05, 0.1) is 17.5 Å². The molecule has 0 N–H and O–H groups in total. The molecule has 0 atom stereocenters. The number of nitrogens with zero attached hydrogens (tertiary/aromatic N) is 9. The summed E-state index contributed by atoms with van der Waals surface area (Å²) in [6, 6.07) is 107. The second-order valence-electron chi connectivity index (χ2n) is 31.0. The van der Waals surface area contributed by atoms with Crippen LogP contribution in [0.4, 0.5) is 0 Å². The molecule has 0 aliphatic carbocycles. The third-order valence-electron chi connectivity index (χ3n) is 19.8. The number of aryl methyl sites for hydroxylation is 2. The Morgan fingerprint density at radius 3 is 0.852 bits per heavy atom. The largest absolute Gasteiger partial charge is 0.340 e. The van der Waals surface area contributed by atoms with Crippen LogP contribution >= 0.6 is 0 Å². The number of rotatable bonds is 18. The van der Waals surface area contributed by atoms with Gasteiger partial charge in [-0.25, -0.2) is 0 Å². The van der Waals surface area contributed by atoms with E-state index < -0.39 is 24.2 Å². The van der Waals surface area contributed by atoms with Crippen molar-refractivity contribution in [3.63, 3.8) is 0 Å². The molecule has 9 aromatic carbocycles. The fourth-order valence-corrected chi connectivity index (χ4v) is 20.2. The molecule has 0 aliphatic rings. The second-order valence-corrected chi connectivity index (χ2v) is 43.9. The summed E-state index contributed by atoms with van der Waals surface area (Å²) in [5, 5.41) is 7.57. The van der Waals surface area contributed by atoms with Gasteiger partial charge in [0.25, 0.3) is 0 Å². The first-order valence-corrected chi connectivity index (χ1v) is 48.0. The minimum Gasteiger partial charge on any atom is -0.340 e. The van der Waals surface area contributed by atoms with Gasteiger partial charge in [0.15, 0.2) is 0 Å². The predicted molar refractivity (Wildman–Crippen MR) is 477 cm³/mol. The molecule has 115 heavy (non-hydrogen) atoms. The van der Waals surface area contributed by atoms with Crippen molar-refractivity contribution in [1.82, 2.24) is 43.6 Å². The van der Waals surface area contributed by atoms with E-state index in [1.165, 1.54) is 82.0 Å². The number of hydrogen-bond donors (Lipinski definition) is 0. The van der Waals surface area contributed by atoms with Gasteiger partial charge >= 0.3 is 0 Å². The first kappa shape index (κ1) is 92.8. The maximum atomic E-state index is 4.64. The van der Waals surface area contributed by atoms with E-state index >= 15 is 0 Å². The van der Waals surface area contributed by atoms with E-state index in [-0.39, 0.29) is 60.3 Å². The van der Waals surface area contributed by atoms with Gasteiger partial charge in [0.2, 0.25) is 0 Å². The monoisotopic (exact) mass is 2100 g/mol. The van der Waals surface area contributed by atoms with Gasteiger partial charge in [-0.15, -0.1) is 108 Å². The molecule has 597 valence electrons. The van der Waals surface area contributed by atoms with Gasteiger partial charge in [0, 0.05) is 149 Å². The van der Waals surface area contributed by atoms with E-state index in [2.05, 4.69) is 340 Å². The van der Waals surface area contributed by atoms with Crippen molar-refractivity contribution in [3.8, 4) is 51.2 Å². The van der Waals surface area contributed by atoms with Crippen molar-refractivity contribution in [2.24, 2.45) is 11.8 Å². The van der Waals surface area contributed by atoms with Crippen molar-refractivity contribution >= 4 is 55.7 Å². The number of imidazole rings is 3. The molecule has 0 fully saturated rings. The SMILES string of the molecule is CC(C)Cc1cccc(CC(C)C)c1-n1ccnc1-c1[c-]cccc1.CC(C)c1cccc(C(C)C)c1-n1ccnc1-c1[c-]cccc1.C[Si](C)(c1[c-]cccc1)c1ccccn1.C[Si](C)(c1[c-]cccc1)c1ccccn1.C[Si](C)(c1[c-]cccc1)c1ccccn1.Cc1cccc(C)c1-n1ccnc1-c1[c-]cccc1.[Ir].[Ir].[Ir]. The number of hydrogen-bond acceptors (Lipinski definition) is 6. The van der Waals surface area contributed by atoms with Crippen LogP contribution in [0.2, 0.25) is 39.3 Å². The maximum Gasteiger partial charge on any atom is 0.110 e. The number of pyridine rings is 3. The fraction of sp³-hybridized carbons (Fsp3) is 0.220. The minimum absolute atomic E-state index is 0. The van der Waals surface area contributed by atoms with Gasteiger partial charge in [0.1, 0.15) is 24.2 Å². The second kappa shape index (κ2) is 45.2. The first-order valence-electron chi connectivity index (χ1n) is 39.0. The van der Waals surface area contributed by atoms with Crippen LogP contribution in [-0.2, 0) is 73.2 Å².